The largest absolute Gasteiger partial charge is 0.490 e. The van der Waals surface area contributed by atoms with Gasteiger partial charge in [-0.3, -0.25) is 9.48 Å². The van der Waals surface area contributed by atoms with E-state index in [-0.39, 0.29) is 12.5 Å². The summed E-state index contributed by atoms with van der Waals surface area (Å²) in [7, 11) is 0. The molecule has 0 fully saturated rings. The Balaban J connectivity index is 1.96. The van der Waals surface area contributed by atoms with Crippen molar-refractivity contribution in [1.82, 2.24) is 15.1 Å². The third kappa shape index (κ3) is 4.64. The van der Waals surface area contributed by atoms with E-state index in [2.05, 4.69) is 10.4 Å². The van der Waals surface area contributed by atoms with Gasteiger partial charge >= 0.3 is 0 Å². The molecule has 1 amide bonds. The number of nitrogens with zero attached hydrogens (tertiary/aromatic N) is 2. The standard InChI is InChI=1S/C17H22ClN3O3/c1-4-23-15-7-6-13(8-16(15)24-5-2)9-19-17(22)11-21-12(3)14(18)10-20-21/h6-8,10H,4-5,9,11H2,1-3H3,(H,19,22). The van der Waals surface area contributed by atoms with Crippen LogP contribution >= 0.6 is 11.6 Å². The minimum Gasteiger partial charge on any atom is -0.490 e. The Bertz CT molecular complexity index is 700. The maximum atomic E-state index is 12.1. The van der Waals surface area contributed by atoms with Gasteiger partial charge in [0, 0.05) is 6.54 Å². The van der Waals surface area contributed by atoms with E-state index in [4.69, 9.17) is 21.1 Å². The zero-order valence-corrected chi connectivity index (χ0v) is 14.9. The van der Waals surface area contributed by atoms with Gasteiger partial charge in [-0.15, -0.1) is 0 Å². The summed E-state index contributed by atoms with van der Waals surface area (Å²) >= 11 is 5.93. The summed E-state index contributed by atoms with van der Waals surface area (Å²) < 4.78 is 12.7. The quantitative estimate of drug-likeness (QED) is 0.794. The first-order valence-electron chi connectivity index (χ1n) is 7.88. The molecule has 0 radical (unpaired) electrons. The van der Waals surface area contributed by atoms with Crippen LogP contribution in [0.2, 0.25) is 5.02 Å². The van der Waals surface area contributed by atoms with Crippen molar-refractivity contribution in [2.75, 3.05) is 13.2 Å². The molecule has 0 aliphatic heterocycles. The number of hydrogen-bond acceptors (Lipinski definition) is 4. The molecule has 1 aromatic heterocycles. The van der Waals surface area contributed by atoms with Crippen molar-refractivity contribution in [2.45, 2.75) is 33.9 Å². The molecule has 6 nitrogen and oxygen atoms in total. The lowest BCUT2D eigenvalue weighted by Gasteiger charge is -2.13. The molecule has 0 saturated carbocycles. The summed E-state index contributed by atoms with van der Waals surface area (Å²) in [5.74, 6) is 1.25. The van der Waals surface area contributed by atoms with Gasteiger partial charge in [0.2, 0.25) is 5.91 Å². The second-order valence-corrected chi connectivity index (χ2v) is 5.57. The maximum Gasteiger partial charge on any atom is 0.242 e. The van der Waals surface area contributed by atoms with E-state index in [0.717, 1.165) is 11.3 Å². The molecule has 0 atom stereocenters. The van der Waals surface area contributed by atoms with Gasteiger partial charge in [-0.05, 0) is 38.5 Å². The Morgan fingerprint density at radius 1 is 1.25 bits per heavy atom. The van der Waals surface area contributed by atoms with Crippen molar-refractivity contribution in [3.8, 4) is 11.5 Å². The molecule has 0 aliphatic rings. The Morgan fingerprint density at radius 2 is 1.96 bits per heavy atom. The molecule has 2 rings (SSSR count). The maximum absolute atomic E-state index is 12.1. The fourth-order valence-electron chi connectivity index (χ4n) is 2.18. The highest BCUT2D eigenvalue weighted by Gasteiger charge is 2.10. The van der Waals surface area contributed by atoms with Gasteiger partial charge < -0.3 is 14.8 Å². The zero-order chi connectivity index (χ0) is 17.5. The first-order valence-corrected chi connectivity index (χ1v) is 8.26. The van der Waals surface area contributed by atoms with E-state index in [1.807, 2.05) is 39.0 Å². The number of nitrogens with one attached hydrogen (secondary N) is 1. The number of amides is 1. The number of benzene rings is 1. The van der Waals surface area contributed by atoms with Gasteiger partial charge in [-0.1, -0.05) is 17.7 Å². The summed E-state index contributed by atoms with van der Waals surface area (Å²) in [5.41, 5.74) is 1.71. The predicted octanol–water partition coefficient (Wildman–Crippen LogP) is 2.96. The molecule has 0 spiro atoms. The Kier molecular flexibility index (Phi) is 6.49. The highest BCUT2D eigenvalue weighted by atomic mass is 35.5. The highest BCUT2D eigenvalue weighted by Crippen LogP contribution is 2.28. The summed E-state index contributed by atoms with van der Waals surface area (Å²) in [6, 6.07) is 5.64. The van der Waals surface area contributed by atoms with Crippen LogP contribution in [0.25, 0.3) is 0 Å². The normalized spacial score (nSPS) is 10.5. The highest BCUT2D eigenvalue weighted by molar-refractivity contribution is 6.31. The third-order valence-corrected chi connectivity index (χ3v) is 3.81. The molecule has 1 aromatic carbocycles. The number of halogens is 1. The lowest BCUT2D eigenvalue weighted by Crippen LogP contribution is -2.27. The topological polar surface area (TPSA) is 65.4 Å². The number of aromatic nitrogens is 2. The van der Waals surface area contributed by atoms with Crippen LogP contribution in [0.5, 0.6) is 11.5 Å². The van der Waals surface area contributed by atoms with E-state index < -0.39 is 0 Å². The molecule has 1 N–H and O–H groups in total. The number of carbonyl (C=O) groups is 1. The minimum absolute atomic E-state index is 0.133. The molecule has 0 unspecified atom stereocenters. The second-order valence-electron chi connectivity index (χ2n) is 5.16. The third-order valence-electron chi connectivity index (χ3n) is 3.43. The zero-order valence-electron chi connectivity index (χ0n) is 14.1. The smallest absolute Gasteiger partial charge is 0.242 e. The summed E-state index contributed by atoms with van der Waals surface area (Å²) in [5, 5.41) is 7.49. The molecule has 1 heterocycles. The Morgan fingerprint density at radius 3 is 2.58 bits per heavy atom. The number of rotatable bonds is 8. The Hall–Kier alpha value is -2.21. The molecule has 24 heavy (non-hydrogen) atoms. The van der Waals surface area contributed by atoms with Crippen molar-refractivity contribution in [2.24, 2.45) is 0 Å². The van der Waals surface area contributed by atoms with E-state index in [9.17, 15) is 4.79 Å². The van der Waals surface area contributed by atoms with Gasteiger partial charge in [-0.2, -0.15) is 5.10 Å². The van der Waals surface area contributed by atoms with E-state index >= 15 is 0 Å². The lowest BCUT2D eigenvalue weighted by molar-refractivity contribution is -0.122. The van der Waals surface area contributed by atoms with Crippen LogP contribution in [0, 0.1) is 6.92 Å². The van der Waals surface area contributed by atoms with Crippen LogP contribution in [-0.4, -0.2) is 28.9 Å². The number of hydrogen-bond donors (Lipinski definition) is 1. The molecule has 7 heteroatoms. The van der Waals surface area contributed by atoms with Crippen LogP contribution in [0.4, 0.5) is 0 Å². The fourth-order valence-corrected chi connectivity index (χ4v) is 2.32. The van der Waals surface area contributed by atoms with Crippen molar-refractivity contribution in [1.29, 1.82) is 0 Å². The molecular formula is C17H22ClN3O3. The number of carbonyl (C=O) groups excluding carboxylic acids is 1. The molecule has 0 bridgehead atoms. The average Bonchev–Trinajstić information content (AvgIpc) is 2.87. The molecule has 0 aliphatic carbocycles. The molecule has 2 aromatic rings. The summed E-state index contributed by atoms with van der Waals surface area (Å²) in [6.07, 6.45) is 1.53. The molecule has 0 saturated heterocycles. The predicted molar refractivity (Wildman–Crippen MR) is 92.6 cm³/mol. The van der Waals surface area contributed by atoms with Gasteiger partial charge in [-0.25, -0.2) is 0 Å². The van der Waals surface area contributed by atoms with Crippen molar-refractivity contribution in [3.05, 3.63) is 40.7 Å². The van der Waals surface area contributed by atoms with Crippen LogP contribution in [0.3, 0.4) is 0 Å². The monoisotopic (exact) mass is 351 g/mol. The van der Waals surface area contributed by atoms with Crippen LogP contribution in [-0.2, 0) is 17.9 Å². The van der Waals surface area contributed by atoms with E-state index in [0.29, 0.717) is 36.3 Å². The van der Waals surface area contributed by atoms with Crippen LogP contribution in [0.1, 0.15) is 25.1 Å². The SMILES string of the molecule is CCOc1ccc(CNC(=O)Cn2ncc(Cl)c2C)cc1OCC. The summed E-state index contributed by atoms with van der Waals surface area (Å²) in [4.78, 5) is 12.1. The molecular weight excluding hydrogens is 330 g/mol. The van der Waals surface area contributed by atoms with Gasteiger partial charge in [0.05, 0.1) is 30.1 Å². The van der Waals surface area contributed by atoms with Crippen molar-refractivity contribution >= 4 is 17.5 Å². The van der Waals surface area contributed by atoms with Gasteiger partial charge in [0.25, 0.3) is 0 Å². The first kappa shape index (κ1) is 18.1. The van der Waals surface area contributed by atoms with Crippen molar-refractivity contribution < 1.29 is 14.3 Å². The van der Waals surface area contributed by atoms with E-state index in [1.54, 1.807) is 4.68 Å². The second kappa shape index (κ2) is 8.59. The van der Waals surface area contributed by atoms with Gasteiger partial charge in [0.15, 0.2) is 11.5 Å². The van der Waals surface area contributed by atoms with Crippen LogP contribution in [0.15, 0.2) is 24.4 Å². The van der Waals surface area contributed by atoms with E-state index in [1.165, 1.54) is 6.20 Å². The van der Waals surface area contributed by atoms with Crippen molar-refractivity contribution in [3.63, 3.8) is 0 Å². The number of ether oxygens (including phenoxy) is 2. The lowest BCUT2D eigenvalue weighted by atomic mass is 10.2. The van der Waals surface area contributed by atoms with Crippen LogP contribution < -0.4 is 14.8 Å². The average molecular weight is 352 g/mol. The van der Waals surface area contributed by atoms with Gasteiger partial charge in [0.1, 0.15) is 6.54 Å². The first-order chi connectivity index (χ1) is 11.5. The fraction of sp³-hybridized carbons (Fsp3) is 0.412. The summed E-state index contributed by atoms with van der Waals surface area (Å²) in [6.45, 7) is 7.32. The molecule has 130 valence electrons. The Labute approximate surface area is 146 Å². The minimum atomic E-state index is -0.135.